The molecule has 0 spiro atoms. The van der Waals surface area contributed by atoms with Crippen LogP contribution in [0.1, 0.15) is 33.2 Å². The van der Waals surface area contributed by atoms with Gasteiger partial charge in [-0.3, -0.25) is 19.2 Å². The van der Waals surface area contributed by atoms with Crippen molar-refractivity contribution in [3.8, 4) is 0 Å². The fraction of sp³-hybridized carbons (Fsp3) is 0.308. The van der Waals surface area contributed by atoms with Crippen LogP contribution in [-0.2, 0) is 9.59 Å². The van der Waals surface area contributed by atoms with Gasteiger partial charge in [-0.15, -0.1) is 23.2 Å². The number of carbonyl (C=O) groups is 4. The molecule has 1 saturated heterocycles. The van der Waals surface area contributed by atoms with Crippen LogP contribution in [-0.4, -0.2) is 53.6 Å². The van der Waals surface area contributed by atoms with Crippen molar-refractivity contribution in [3.63, 3.8) is 0 Å². The molecule has 3 amide bonds. The Morgan fingerprint density at radius 1 is 0.850 bits per heavy atom. The van der Waals surface area contributed by atoms with E-state index in [-0.39, 0.29) is 31.2 Å². The molecule has 1 saturated carbocycles. The lowest BCUT2D eigenvalue weighted by Crippen LogP contribution is -2.59. The standard InChI is InChI=1S/C26H16Cl8N2O4/c1-10-3-5-12(6-4-10)18(37)11(2)35(21(38)14-8-7-13(27)9-15(14)28)36-22(39)16-17(23(36)40)25(32)20(30)19(29)24(16,31)26(25,33)34/h3-9,11,16-17H,1-2H3/t11-,16-,17-,24+,25+/m0/s1. The zero-order valence-electron chi connectivity index (χ0n) is 20.3. The summed E-state index contributed by atoms with van der Waals surface area (Å²) in [6, 6.07) is 9.17. The summed E-state index contributed by atoms with van der Waals surface area (Å²) < 4.78 is -2.16. The zero-order valence-corrected chi connectivity index (χ0v) is 26.4. The number of rotatable bonds is 5. The lowest BCUT2D eigenvalue weighted by atomic mass is 9.84. The fourth-order valence-electron chi connectivity index (χ4n) is 5.49. The Morgan fingerprint density at radius 2 is 1.35 bits per heavy atom. The SMILES string of the molecule is Cc1ccc(C(=O)[C@H](C)N(C(=O)c2ccc(Cl)cc2Cl)N2C(=O)[C@@H]3[C@@H](C2=O)[C@@]2(Cl)C(Cl)=C(Cl)[C@@]3(Cl)C2(Cl)Cl)cc1. The van der Waals surface area contributed by atoms with Gasteiger partial charge in [0, 0.05) is 10.6 Å². The molecule has 2 bridgehead atoms. The summed E-state index contributed by atoms with van der Waals surface area (Å²) in [4.78, 5) is 51.6. The number of allylic oxidation sites excluding steroid dienone is 2. The molecule has 2 aromatic rings. The third-order valence-electron chi connectivity index (χ3n) is 7.55. The number of halogens is 8. The molecule has 3 aliphatic rings. The summed E-state index contributed by atoms with van der Waals surface area (Å²) in [5.41, 5.74) is 0.994. The van der Waals surface area contributed by atoms with E-state index in [1.165, 1.54) is 25.1 Å². The van der Waals surface area contributed by atoms with E-state index < -0.39 is 55.5 Å². The van der Waals surface area contributed by atoms with Gasteiger partial charge in [0.1, 0.15) is 15.8 Å². The van der Waals surface area contributed by atoms with Gasteiger partial charge < -0.3 is 0 Å². The third kappa shape index (κ3) is 3.77. The van der Waals surface area contributed by atoms with Gasteiger partial charge in [-0.25, -0.2) is 5.01 Å². The second-order valence-corrected chi connectivity index (χ2v) is 13.9. The number of fused-ring (bicyclic) bond motifs is 5. The second-order valence-electron chi connectivity index (χ2n) is 9.75. The molecule has 40 heavy (non-hydrogen) atoms. The number of benzene rings is 2. The zero-order chi connectivity index (χ0) is 29.7. The molecular formula is C26H16Cl8N2O4. The van der Waals surface area contributed by atoms with E-state index in [1.54, 1.807) is 24.3 Å². The molecule has 6 nitrogen and oxygen atoms in total. The number of Topliss-reactive ketones (excluding diaryl/α,β-unsaturated/α-hetero) is 1. The van der Waals surface area contributed by atoms with E-state index in [0.29, 0.717) is 5.01 Å². The molecule has 1 heterocycles. The van der Waals surface area contributed by atoms with Gasteiger partial charge in [0.05, 0.1) is 32.5 Å². The van der Waals surface area contributed by atoms with Crippen LogP contribution in [0.15, 0.2) is 52.5 Å². The van der Waals surface area contributed by atoms with Crippen molar-refractivity contribution in [2.75, 3.05) is 0 Å². The van der Waals surface area contributed by atoms with E-state index in [2.05, 4.69) is 0 Å². The van der Waals surface area contributed by atoms with Gasteiger partial charge in [-0.1, -0.05) is 99.4 Å². The van der Waals surface area contributed by atoms with Crippen molar-refractivity contribution in [2.24, 2.45) is 11.8 Å². The second kappa shape index (κ2) is 9.92. The number of imide groups is 1. The molecular weight excluding hydrogens is 688 g/mol. The van der Waals surface area contributed by atoms with Crippen LogP contribution in [0.3, 0.4) is 0 Å². The predicted octanol–water partition coefficient (Wildman–Crippen LogP) is 7.38. The van der Waals surface area contributed by atoms with Gasteiger partial charge in [0.15, 0.2) is 10.1 Å². The number of hydrogen-bond acceptors (Lipinski definition) is 4. The highest BCUT2D eigenvalue weighted by atomic mass is 35.5. The molecule has 2 aliphatic carbocycles. The largest absolute Gasteiger partial charge is 0.292 e. The topological polar surface area (TPSA) is 74.8 Å². The molecule has 14 heteroatoms. The van der Waals surface area contributed by atoms with E-state index in [4.69, 9.17) is 92.8 Å². The Kier molecular flexibility index (Phi) is 7.50. The number of ketones is 1. The summed E-state index contributed by atoms with van der Waals surface area (Å²) >= 11 is 51.9. The van der Waals surface area contributed by atoms with Crippen LogP contribution < -0.4 is 0 Å². The maximum atomic E-state index is 14.1. The number of hydrogen-bond donors (Lipinski definition) is 0. The number of aryl methyl sites for hydroxylation is 1. The number of alkyl halides is 4. The highest BCUT2D eigenvalue weighted by Crippen LogP contribution is 2.77. The summed E-state index contributed by atoms with van der Waals surface area (Å²) in [6.07, 6.45) is 0. The Balaban J connectivity index is 1.65. The molecule has 2 fully saturated rings. The molecule has 0 radical (unpaired) electrons. The summed E-state index contributed by atoms with van der Waals surface area (Å²) in [5.74, 6) is -6.53. The normalized spacial score (nSPS) is 29.2. The van der Waals surface area contributed by atoms with Crippen LogP contribution in [0.2, 0.25) is 10.0 Å². The highest BCUT2D eigenvalue weighted by molar-refractivity contribution is 6.66. The van der Waals surface area contributed by atoms with Crippen molar-refractivity contribution in [1.82, 2.24) is 10.0 Å². The molecule has 0 unspecified atom stereocenters. The van der Waals surface area contributed by atoms with Gasteiger partial charge >= 0.3 is 0 Å². The van der Waals surface area contributed by atoms with Crippen LogP contribution in [0.4, 0.5) is 0 Å². The first-order valence-electron chi connectivity index (χ1n) is 11.6. The van der Waals surface area contributed by atoms with Gasteiger partial charge in [0.25, 0.3) is 17.7 Å². The molecule has 5 atom stereocenters. The maximum absolute atomic E-state index is 14.1. The summed E-state index contributed by atoms with van der Waals surface area (Å²) in [7, 11) is 0. The first kappa shape index (κ1) is 30.2. The van der Waals surface area contributed by atoms with E-state index >= 15 is 0 Å². The monoisotopic (exact) mass is 700 g/mol. The van der Waals surface area contributed by atoms with Crippen LogP contribution >= 0.6 is 92.8 Å². The van der Waals surface area contributed by atoms with Gasteiger partial charge in [-0.05, 0) is 32.0 Å². The highest BCUT2D eigenvalue weighted by Gasteiger charge is 2.88. The average Bonchev–Trinajstić information content (AvgIpc) is 3.27. The Bertz CT molecular complexity index is 1500. The van der Waals surface area contributed by atoms with Gasteiger partial charge in [-0.2, -0.15) is 5.01 Å². The summed E-state index contributed by atoms with van der Waals surface area (Å²) in [6.45, 7) is 3.21. The quantitative estimate of drug-likeness (QED) is 0.185. The Labute approximate surface area is 268 Å². The Morgan fingerprint density at radius 3 is 1.82 bits per heavy atom. The van der Waals surface area contributed by atoms with Gasteiger partial charge in [0.2, 0.25) is 0 Å². The van der Waals surface area contributed by atoms with Crippen LogP contribution in [0.5, 0.6) is 0 Å². The number of hydrazine groups is 1. The van der Waals surface area contributed by atoms with E-state index in [9.17, 15) is 19.2 Å². The van der Waals surface area contributed by atoms with Crippen LogP contribution in [0.25, 0.3) is 0 Å². The Hall–Kier alpha value is -1.22. The maximum Gasteiger partial charge on any atom is 0.275 e. The molecule has 0 N–H and O–H groups in total. The molecule has 1 aliphatic heterocycles. The average molecular weight is 704 g/mol. The van der Waals surface area contributed by atoms with Crippen molar-refractivity contribution < 1.29 is 19.2 Å². The van der Waals surface area contributed by atoms with Crippen molar-refractivity contribution in [2.45, 2.75) is 34.0 Å². The van der Waals surface area contributed by atoms with Crippen molar-refractivity contribution in [1.29, 1.82) is 0 Å². The third-order valence-corrected chi connectivity index (χ3v) is 12.4. The van der Waals surface area contributed by atoms with E-state index in [1.807, 2.05) is 6.92 Å². The smallest absolute Gasteiger partial charge is 0.275 e. The number of nitrogens with zero attached hydrogens (tertiary/aromatic N) is 2. The molecule has 210 valence electrons. The van der Waals surface area contributed by atoms with Crippen molar-refractivity contribution >= 4 is 116 Å². The van der Waals surface area contributed by atoms with Crippen LogP contribution in [0, 0.1) is 18.8 Å². The number of amides is 3. The first-order chi connectivity index (χ1) is 18.5. The number of carbonyl (C=O) groups excluding carboxylic acids is 4. The van der Waals surface area contributed by atoms with E-state index in [0.717, 1.165) is 10.6 Å². The minimum atomic E-state index is -2.16. The lowest BCUT2D eigenvalue weighted by Gasteiger charge is -2.38. The summed E-state index contributed by atoms with van der Waals surface area (Å²) in [5, 5.41) is 0.848. The minimum absolute atomic E-state index is 0.0761. The lowest BCUT2D eigenvalue weighted by molar-refractivity contribution is -0.157. The predicted molar refractivity (Wildman–Crippen MR) is 157 cm³/mol. The first-order valence-corrected chi connectivity index (χ1v) is 14.6. The minimum Gasteiger partial charge on any atom is -0.292 e. The van der Waals surface area contributed by atoms with Crippen molar-refractivity contribution in [3.05, 3.63) is 79.3 Å². The molecule has 5 rings (SSSR count). The fourth-order valence-corrected chi connectivity index (χ4v) is 8.91. The molecule has 0 aromatic heterocycles. The molecule has 2 aromatic carbocycles.